The molecule has 3 atom stereocenters. The zero-order valence-corrected chi connectivity index (χ0v) is 13.0. The van der Waals surface area contributed by atoms with Crippen molar-refractivity contribution in [1.82, 2.24) is 10.6 Å². The van der Waals surface area contributed by atoms with Gasteiger partial charge in [-0.25, -0.2) is 8.78 Å². The van der Waals surface area contributed by atoms with Crippen molar-refractivity contribution in [3.63, 3.8) is 0 Å². The van der Waals surface area contributed by atoms with Gasteiger partial charge in [0.1, 0.15) is 0 Å². The van der Waals surface area contributed by atoms with E-state index in [1.807, 2.05) is 13.8 Å². The van der Waals surface area contributed by atoms with Gasteiger partial charge >= 0.3 is 11.8 Å². The summed E-state index contributed by atoms with van der Waals surface area (Å²) in [6.07, 6.45) is 1.43. The summed E-state index contributed by atoms with van der Waals surface area (Å²) in [5.41, 5.74) is 0. The van der Waals surface area contributed by atoms with Gasteiger partial charge in [0, 0.05) is 25.4 Å². The lowest BCUT2D eigenvalue weighted by Gasteiger charge is -2.32. The Bertz CT molecular complexity index is 421. The van der Waals surface area contributed by atoms with Gasteiger partial charge in [0.2, 0.25) is 5.92 Å². The van der Waals surface area contributed by atoms with Crippen LogP contribution in [-0.4, -0.2) is 42.5 Å². The maximum absolute atomic E-state index is 13.1. The molecule has 1 saturated heterocycles. The van der Waals surface area contributed by atoms with E-state index in [1.165, 1.54) is 0 Å². The molecule has 2 rings (SSSR count). The highest BCUT2D eigenvalue weighted by molar-refractivity contribution is 6.35. The number of nitrogens with one attached hydrogen (secondary N) is 2. The van der Waals surface area contributed by atoms with Gasteiger partial charge in [-0.1, -0.05) is 0 Å². The number of amides is 2. The van der Waals surface area contributed by atoms with Crippen LogP contribution in [0, 0.1) is 5.92 Å². The third-order valence-electron chi connectivity index (χ3n) is 4.30. The van der Waals surface area contributed by atoms with E-state index < -0.39 is 17.7 Å². The number of hydrogen-bond donors (Lipinski definition) is 2. The Labute approximate surface area is 129 Å². The normalized spacial score (nSPS) is 34.2. The lowest BCUT2D eigenvalue weighted by molar-refractivity contribution is -0.140. The summed E-state index contributed by atoms with van der Waals surface area (Å²) in [5, 5.41) is 5.15. The molecule has 0 spiro atoms. The van der Waals surface area contributed by atoms with Crippen molar-refractivity contribution in [2.75, 3.05) is 6.54 Å². The first kappa shape index (κ1) is 17.1. The zero-order valence-electron chi connectivity index (χ0n) is 13.0. The van der Waals surface area contributed by atoms with E-state index in [9.17, 15) is 18.4 Å². The molecule has 1 heterocycles. The summed E-state index contributed by atoms with van der Waals surface area (Å²) >= 11 is 0. The van der Waals surface area contributed by atoms with Gasteiger partial charge in [-0.2, -0.15) is 0 Å². The Morgan fingerprint density at radius 1 is 1.18 bits per heavy atom. The molecule has 1 aliphatic heterocycles. The van der Waals surface area contributed by atoms with Crippen LogP contribution in [0.4, 0.5) is 8.78 Å². The second kappa shape index (κ2) is 6.89. The molecule has 7 heteroatoms. The van der Waals surface area contributed by atoms with E-state index in [2.05, 4.69) is 10.6 Å². The minimum Gasteiger partial charge on any atom is -0.375 e. The fourth-order valence-corrected chi connectivity index (χ4v) is 3.31. The molecular formula is C15H24F2N2O3. The summed E-state index contributed by atoms with van der Waals surface area (Å²) in [5.74, 6) is -4.33. The molecule has 0 bridgehead atoms. The number of hydrogen-bond acceptors (Lipinski definition) is 3. The molecule has 126 valence electrons. The maximum Gasteiger partial charge on any atom is 0.309 e. The average Bonchev–Trinajstić information content (AvgIpc) is 2.74. The van der Waals surface area contributed by atoms with Gasteiger partial charge in [0.05, 0.1) is 12.2 Å². The number of rotatable bonds is 3. The molecule has 0 radical (unpaired) electrons. The van der Waals surface area contributed by atoms with Crippen molar-refractivity contribution in [3.8, 4) is 0 Å². The minimum absolute atomic E-state index is 0.0397. The summed E-state index contributed by atoms with van der Waals surface area (Å²) in [6.45, 7) is 3.98. The summed E-state index contributed by atoms with van der Waals surface area (Å²) in [7, 11) is 0. The molecule has 2 fully saturated rings. The first-order valence-electron chi connectivity index (χ1n) is 7.87. The van der Waals surface area contributed by atoms with Crippen molar-refractivity contribution in [2.24, 2.45) is 5.92 Å². The van der Waals surface area contributed by atoms with E-state index in [0.29, 0.717) is 19.3 Å². The minimum atomic E-state index is -2.63. The van der Waals surface area contributed by atoms with Crippen LogP contribution < -0.4 is 10.6 Å². The van der Waals surface area contributed by atoms with Gasteiger partial charge < -0.3 is 15.4 Å². The van der Waals surface area contributed by atoms with E-state index >= 15 is 0 Å². The fraction of sp³-hybridized carbons (Fsp3) is 0.867. The van der Waals surface area contributed by atoms with Crippen LogP contribution in [0.25, 0.3) is 0 Å². The van der Waals surface area contributed by atoms with Gasteiger partial charge in [-0.3, -0.25) is 9.59 Å². The number of ether oxygens (including phenoxy) is 1. The van der Waals surface area contributed by atoms with Crippen molar-refractivity contribution in [3.05, 3.63) is 0 Å². The number of carbonyl (C=O) groups is 2. The average molecular weight is 318 g/mol. The molecule has 0 aromatic rings. The summed E-state index contributed by atoms with van der Waals surface area (Å²) in [6, 6.07) is -0.0900. The monoisotopic (exact) mass is 318 g/mol. The Morgan fingerprint density at radius 3 is 2.36 bits per heavy atom. The third-order valence-corrected chi connectivity index (χ3v) is 4.30. The highest BCUT2D eigenvalue weighted by Crippen LogP contribution is 2.38. The third kappa shape index (κ3) is 4.90. The van der Waals surface area contributed by atoms with Crippen LogP contribution >= 0.6 is 0 Å². The Kier molecular flexibility index (Phi) is 5.36. The second-order valence-corrected chi connectivity index (χ2v) is 6.57. The number of carbonyl (C=O) groups excluding carboxylic acids is 2. The Hall–Kier alpha value is -1.24. The van der Waals surface area contributed by atoms with Gasteiger partial charge in [0.25, 0.3) is 0 Å². The first-order chi connectivity index (χ1) is 10.2. The number of halogens is 2. The Balaban J connectivity index is 1.72. The van der Waals surface area contributed by atoms with Crippen molar-refractivity contribution >= 4 is 11.8 Å². The molecule has 2 aliphatic rings. The summed E-state index contributed by atoms with van der Waals surface area (Å²) in [4.78, 5) is 23.6. The molecule has 0 aromatic carbocycles. The molecule has 2 N–H and O–H groups in total. The van der Waals surface area contributed by atoms with E-state index in [1.54, 1.807) is 0 Å². The van der Waals surface area contributed by atoms with Crippen LogP contribution in [0.1, 0.15) is 46.0 Å². The largest absolute Gasteiger partial charge is 0.375 e. The van der Waals surface area contributed by atoms with E-state index in [0.717, 1.165) is 0 Å². The van der Waals surface area contributed by atoms with Crippen molar-refractivity contribution < 1.29 is 23.1 Å². The predicted molar refractivity (Wildman–Crippen MR) is 76.5 cm³/mol. The van der Waals surface area contributed by atoms with Crippen molar-refractivity contribution in [2.45, 2.75) is 70.1 Å². The smallest absolute Gasteiger partial charge is 0.309 e. The molecule has 1 saturated carbocycles. The van der Waals surface area contributed by atoms with Crippen LogP contribution in [0.2, 0.25) is 0 Å². The number of alkyl halides is 2. The van der Waals surface area contributed by atoms with Gasteiger partial charge in [-0.15, -0.1) is 0 Å². The predicted octanol–water partition coefficient (Wildman–Crippen LogP) is 1.61. The van der Waals surface area contributed by atoms with Crippen molar-refractivity contribution in [1.29, 1.82) is 0 Å². The zero-order chi connectivity index (χ0) is 16.3. The second-order valence-electron chi connectivity index (χ2n) is 6.57. The topological polar surface area (TPSA) is 67.4 Å². The van der Waals surface area contributed by atoms with Crippen LogP contribution in [-0.2, 0) is 14.3 Å². The van der Waals surface area contributed by atoms with Gasteiger partial charge in [0.15, 0.2) is 0 Å². The SMILES string of the molecule is CC1CC(NC(=O)C(=O)NCC2CCC(F)(F)C2)CC(C)O1. The van der Waals surface area contributed by atoms with Crippen LogP contribution in [0.5, 0.6) is 0 Å². The first-order valence-corrected chi connectivity index (χ1v) is 7.87. The van der Waals surface area contributed by atoms with Gasteiger partial charge in [-0.05, 0) is 39.0 Å². The highest BCUT2D eigenvalue weighted by Gasteiger charge is 2.39. The molecule has 1 aliphatic carbocycles. The quantitative estimate of drug-likeness (QED) is 0.777. The van der Waals surface area contributed by atoms with E-state index in [-0.39, 0.29) is 43.6 Å². The maximum atomic E-state index is 13.1. The molecule has 22 heavy (non-hydrogen) atoms. The molecule has 5 nitrogen and oxygen atoms in total. The standard InChI is InChI=1S/C15H24F2N2O3/c1-9-5-12(6-10(2)22-9)19-14(21)13(20)18-8-11-3-4-15(16,17)7-11/h9-12H,3-8H2,1-2H3,(H,18,20)(H,19,21). The van der Waals surface area contributed by atoms with Crippen LogP contribution in [0.15, 0.2) is 0 Å². The van der Waals surface area contributed by atoms with E-state index in [4.69, 9.17) is 4.74 Å². The summed E-state index contributed by atoms with van der Waals surface area (Å²) < 4.78 is 31.7. The molecule has 2 amide bonds. The lowest BCUT2D eigenvalue weighted by atomic mass is 10.00. The molecule has 3 unspecified atom stereocenters. The molecule has 0 aromatic heterocycles. The molecular weight excluding hydrogens is 294 g/mol. The lowest BCUT2D eigenvalue weighted by Crippen LogP contribution is -2.49. The van der Waals surface area contributed by atoms with Crippen LogP contribution in [0.3, 0.4) is 0 Å². The highest BCUT2D eigenvalue weighted by atomic mass is 19.3. The Morgan fingerprint density at radius 2 is 1.82 bits per heavy atom. The fourth-order valence-electron chi connectivity index (χ4n) is 3.31.